The van der Waals surface area contributed by atoms with Crippen LogP contribution in [0, 0.1) is 6.33 Å². The molecule has 1 aliphatic carbocycles. The van der Waals surface area contributed by atoms with Gasteiger partial charge in [0.2, 0.25) is 0 Å². The van der Waals surface area contributed by atoms with Gasteiger partial charge in [0, 0.05) is 22.7 Å². The molecule has 5 rings (SSSR count). The zero-order valence-corrected chi connectivity index (χ0v) is 14.4. The number of amides is 1. The maximum atomic E-state index is 13.2. The van der Waals surface area contributed by atoms with Crippen molar-refractivity contribution in [3.8, 4) is 0 Å². The molecule has 0 spiro atoms. The van der Waals surface area contributed by atoms with Crippen LogP contribution >= 0.6 is 0 Å². The zero-order valence-electron chi connectivity index (χ0n) is 14.4. The summed E-state index contributed by atoms with van der Waals surface area (Å²) < 4.78 is 0. The number of hydrogen-bond acceptors (Lipinski definition) is 3. The highest BCUT2D eigenvalue weighted by atomic mass is 16.3. The largest absolute Gasteiger partial charge is 0.363 e. The van der Waals surface area contributed by atoms with E-state index in [1.54, 1.807) is 4.90 Å². The van der Waals surface area contributed by atoms with E-state index in [4.69, 9.17) is 0 Å². The minimum Gasteiger partial charge on any atom is -0.363 e. The minimum atomic E-state index is -1.46. The van der Waals surface area contributed by atoms with Gasteiger partial charge in [-0.15, -0.1) is 0 Å². The van der Waals surface area contributed by atoms with Gasteiger partial charge in [0.05, 0.1) is 11.0 Å². The second-order valence-corrected chi connectivity index (χ2v) is 7.27. The third-order valence-corrected chi connectivity index (χ3v) is 5.81. The first-order valence-corrected chi connectivity index (χ1v) is 9.21. The van der Waals surface area contributed by atoms with Gasteiger partial charge in [0.25, 0.3) is 5.91 Å². The number of aromatic nitrogens is 2. The Balaban J connectivity index is 1.71. The number of nitrogens with zero attached hydrogens (tertiary/aromatic N) is 2. The molecule has 5 heteroatoms. The molecule has 1 amide bonds. The van der Waals surface area contributed by atoms with Crippen LogP contribution < -0.4 is 0 Å². The number of H-pyrrole nitrogens is 1. The second kappa shape index (κ2) is 5.68. The summed E-state index contributed by atoms with van der Waals surface area (Å²) in [5.41, 5.74) is 2.07. The Morgan fingerprint density at radius 1 is 1.15 bits per heavy atom. The van der Waals surface area contributed by atoms with Crippen molar-refractivity contribution in [2.45, 2.75) is 43.9 Å². The van der Waals surface area contributed by atoms with Crippen molar-refractivity contribution < 1.29 is 9.90 Å². The van der Waals surface area contributed by atoms with Gasteiger partial charge in [-0.1, -0.05) is 43.5 Å². The molecule has 1 atom stereocenters. The molecule has 2 heterocycles. The van der Waals surface area contributed by atoms with Crippen LogP contribution in [-0.2, 0) is 5.72 Å². The summed E-state index contributed by atoms with van der Waals surface area (Å²) in [6.45, 7) is 0. The third kappa shape index (κ3) is 2.07. The predicted molar refractivity (Wildman–Crippen MR) is 97.4 cm³/mol. The van der Waals surface area contributed by atoms with E-state index < -0.39 is 5.72 Å². The lowest BCUT2D eigenvalue weighted by Crippen LogP contribution is -2.51. The Hall–Kier alpha value is -2.66. The Morgan fingerprint density at radius 3 is 2.81 bits per heavy atom. The summed E-state index contributed by atoms with van der Waals surface area (Å²) in [5, 5.41) is 12.0. The molecule has 0 bridgehead atoms. The van der Waals surface area contributed by atoms with Gasteiger partial charge in [-0.2, -0.15) is 0 Å². The number of hydrogen-bond donors (Lipinski definition) is 2. The molecule has 131 valence electrons. The average molecular weight is 346 g/mol. The minimum absolute atomic E-state index is 0.0510. The first-order valence-electron chi connectivity index (χ1n) is 9.21. The van der Waals surface area contributed by atoms with E-state index in [1.807, 2.05) is 42.5 Å². The molecule has 2 N–H and O–H groups in total. The summed E-state index contributed by atoms with van der Waals surface area (Å²) in [7, 11) is 0. The van der Waals surface area contributed by atoms with E-state index >= 15 is 0 Å². The van der Waals surface area contributed by atoms with Crippen LogP contribution in [0.1, 0.15) is 53.6 Å². The van der Waals surface area contributed by atoms with Crippen LogP contribution in [0.25, 0.3) is 11.0 Å². The van der Waals surface area contributed by atoms with Gasteiger partial charge in [0.15, 0.2) is 12.1 Å². The van der Waals surface area contributed by atoms with Gasteiger partial charge in [-0.25, -0.2) is 4.98 Å². The molecule has 5 nitrogen and oxygen atoms in total. The quantitative estimate of drug-likeness (QED) is 0.748. The van der Waals surface area contributed by atoms with Crippen molar-refractivity contribution in [2.24, 2.45) is 0 Å². The van der Waals surface area contributed by atoms with Crippen molar-refractivity contribution in [3.05, 3.63) is 65.5 Å². The number of fused-ring (bicyclic) bond motifs is 2. The van der Waals surface area contributed by atoms with E-state index in [9.17, 15) is 9.90 Å². The SMILES string of the molecule is O=C1c2ccccc2C(O)(c2ccc3[nH][c]nc3c2)N1C1CCCCC1. The highest BCUT2D eigenvalue weighted by Crippen LogP contribution is 2.45. The van der Waals surface area contributed by atoms with Crippen molar-refractivity contribution in [2.75, 3.05) is 0 Å². The van der Waals surface area contributed by atoms with Crippen molar-refractivity contribution in [1.82, 2.24) is 14.9 Å². The fraction of sp³-hybridized carbons (Fsp3) is 0.333. The average Bonchev–Trinajstić information content (AvgIpc) is 3.24. The van der Waals surface area contributed by atoms with E-state index in [0.717, 1.165) is 36.7 Å². The number of aromatic amines is 1. The van der Waals surface area contributed by atoms with E-state index in [-0.39, 0.29) is 11.9 Å². The van der Waals surface area contributed by atoms with E-state index in [2.05, 4.69) is 16.3 Å². The van der Waals surface area contributed by atoms with Gasteiger partial charge in [-0.3, -0.25) is 9.69 Å². The lowest BCUT2D eigenvalue weighted by atomic mass is 9.89. The Bertz CT molecular complexity index is 990. The standard InChI is InChI=1S/C21H20N3O2/c25-20-16-8-4-5-9-17(16)21(26,24(20)15-6-2-1-3-7-15)14-10-11-18-19(12-14)23-13-22-18/h4-5,8-12,15,26H,1-3,6-7H2,(H,22,23). The van der Waals surface area contributed by atoms with Crippen LogP contribution in [0.5, 0.6) is 0 Å². The lowest BCUT2D eigenvalue weighted by Gasteiger charge is -2.41. The smallest absolute Gasteiger partial charge is 0.257 e. The molecule has 3 aromatic rings. The number of imidazole rings is 1. The van der Waals surface area contributed by atoms with E-state index in [0.29, 0.717) is 16.7 Å². The molecular weight excluding hydrogens is 326 g/mol. The monoisotopic (exact) mass is 346 g/mol. The van der Waals surface area contributed by atoms with Gasteiger partial charge >= 0.3 is 0 Å². The topological polar surface area (TPSA) is 69.2 Å². The number of nitrogens with one attached hydrogen (secondary N) is 1. The molecule has 1 unspecified atom stereocenters. The second-order valence-electron chi connectivity index (χ2n) is 7.27. The molecular formula is C21H20N3O2. The Kier molecular flexibility index (Phi) is 3.40. The molecule has 1 radical (unpaired) electrons. The highest BCUT2D eigenvalue weighted by molar-refractivity contribution is 6.00. The summed E-state index contributed by atoms with van der Waals surface area (Å²) in [6, 6.07) is 13.1. The maximum Gasteiger partial charge on any atom is 0.257 e. The number of aliphatic hydroxyl groups is 1. The first kappa shape index (κ1) is 15.6. The van der Waals surface area contributed by atoms with Gasteiger partial charge < -0.3 is 10.1 Å². The molecule has 1 saturated carbocycles. The predicted octanol–water partition coefficient (Wildman–Crippen LogP) is 3.34. The van der Waals surface area contributed by atoms with Crippen LogP contribution in [0.3, 0.4) is 0 Å². The van der Waals surface area contributed by atoms with Gasteiger partial charge in [0.1, 0.15) is 0 Å². The molecule has 1 aromatic heterocycles. The lowest BCUT2D eigenvalue weighted by molar-refractivity contribution is -0.0755. The molecule has 0 saturated heterocycles. The zero-order chi connectivity index (χ0) is 17.7. The van der Waals surface area contributed by atoms with Crippen molar-refractivity contribution in [3.63, 3.8) is 0 Å². The molecule has 26 heavy (non-hydrogen) atoms. The van der Waals surface area contributed by atoms with Gasteiger partial charge in [-0.05, 0) is 31.0 Å². The molecule has 1 aliphatic heterocycles. The summed E-state index contributed by atoms with van der Waals surface area (Å²) >= 11 is 0. The number of rotatable bonds is 2. The molecule has 2 aliphatic rings. The van der Waals surface area contributed by atoms with Crippen LogP contribution in [0.4, 0.5) is 0 Å². The molecule has 1 fully saturated rings. The van der Waals surface area contributed by atoms with Crippen molar-refractivity contribution >= 4 is 16.9 Å². The number of benzene rings is 2. The highest BCUT2D eigenvalue weighted by Gasteiger charge is 2.52. The Labute approximate surface area is 151 Å². The number of carbonyl (C=O) groups excluding carboxylic acids is 1. The summed E-state index contributed by atoms with van der Waals surface area (Å²) in [4.78, 5) is 22.1. The third-order valence-electron chi connectivity index (χ3n) is 5.81. The van der Waals surface area contributed by atoms with Crippen LogP contribution in [-0.4, -0.2) is 31.9 Å². The van der Waals surface area contributed by atoms with Crippen molar-refractivity contribution in [1.29, 1.82) is 0 Å². The Morgan fingerprint density at radius 2 is 1.96 bits per heavy atom. The van der Waals surface area contributed by atoms with E-state index in [1.165, 1.54) is 6.42 Å². The van der Waals surface area contributed by atoms with Crippen LogP contribution in [0.15, 0.2) is 42.5 Å². The maximum absolute atomic E-state index is 13.2. The fourth-order valence-corrected chi connectivity index (χ4v) is 4.54. The fourth-order valence-electron chi connectivity index (χ4n) is 4.54. The normalized spacial score (nSPS) is 23.6. The number of carbonyl (C=O) groups is 1. The van der Waals surface area contributed by atoms with Crippen LogP contribution in [0.2, 0.25) is 0 Å². The summed E-state index contributed by atoms with van der Waals surface area (Å²) in [6.07, 6.45) is 7.97. The molecule has 2 aromatic carbocycles. The first-order chi connectivity index (χ1) is 12.7. The summed E-state index contributed by atoms with van der Waals surface area (Å²) in [5.74, 6) is -0.0799.